The van der Waals surface area contributed by atoms with Gasteiger partial charge in [-0.05, 0) is 72.3 Å². The van der Waals surface area contributed by atoms with Crippen LogP contribution in [0.15, 0.2) is 207 Å². The Morgan fingerprint density at radius 2 is 0.859 bits per heavy atom. The molecule has 14 rings (SSSR count). The van der Waals surface area contributed by atoms with Crippen molar-refractivity contribution < 1.29 is 13.3 Å². The van der Waals surface area contributed by atoms with Crippen LogP contribution >= 0.6 is 0 Å². The van der Waals surface area contributed by atoms with Gasteiger partial charge in [0, 0.05) is 65.3 Å². The lowest BCUT2D eigenvalue weighted by Crippen LogP contribution is -2.00. The Kier molecular flexibility index (Phi) is 7.27. The topological polar surface area (TPSA) is 83.0 Å². The van der Waals surface area contributed by atoms with E-state index in [1.54, 1.807) is 0 Å². The number of aromatic nitrogens is 4. The Morgan fingerprint density at radius 3 is 1.64 bits per heavy atom. The molecule has 0 aliphatic carbocycles. The summed E-state index contributed by atoms with van der Waals surface area (Å²) >= 11 is 0. The summed E-state index contributed by atoms with van der Waals surface area (Å²) < 4.78 is 21.9. The normalized spacial score (nSPS) is 12.1. The number of rotatable bonds is 5. The SMILES string of the molecule is c1ccc(-c2nc(-c3ccc4c(c3)oc3ccccc34)nc(-c3cccc4oc5ccc(-c6c(-n7c8ccccc8c8ccccc87)ccc7oc8ccccc8c67)cc5c34)n2)cc1. The summed E-state index contributed by atoms with van der Waals surface area (Å²) in [5.74, 6) is 1.66. The molecule has 0 aliphatic rings. The van der Waals surface area contributed by atoms with Crippen LogP contribution in [0, 0.1) is 0 Å². The van der Waals surface area contributed by atoms with Crippen LogP contribution in [0.3, 0.4) is 0 Å². The highest BCUT2D eigenvalue weighted by Crippen LogP contribution is 2.46. The molecule has 0 unspecified atom stereocenters. The van der Waals surface area contributed by atoms with E-state index in [4.69, 9.17) is 28.2 Å². The van der Waals surface area contributed by atoms with Gasteiger partial charge in [-0.1, -0.05) is 127 Å². The molecule has 64 heavy (non-hydrogen) atoms. The number of benzene rings is 9. The summed E-state index contributed by atoms with van der Waals surface area (Å²) in [7, 11) is 0. The van der Waals surface area contributed by atoms with Crippen molar-refractivity contribution in [1.29, 1.82) is 0 Å². The summed E-state index contributed by atoms with van der Waals surface area (Å²) in [5, 5.41) is 8.50. The van der Waals surface area contributed by atoms with E-state index in [0.717, 1.165) is 110 Å². The third kappa shape index (κ3) is 5.12. The van der Waals surface area contributed by atoms with Gasteiger partial charge in [0.1, 0.15) is 33.5 Å². The minimum atomic E-state index is 0.543. The molecule has 5 aromatic heterocycles. The van der Waals surface area contributed by atoms with Gasteiger partial charge in [-0.3, -0.25) is 0 Å². The predicted molar refractivity (Wildman–Crippen MR) is 258 cm³/mol. The summed E-state index contributed by atoms with van der Waals surface area (Å²) in [6.45, 7) is 0. The second kappa shape index (κ2) is 13.3. The Balaban J connectivity index is 1.02. The standard InChI is InChI=1S/C57H32N4O3/c1-2-13-33(14-3-1)55-58-56(35-25-27-39-38-17-6-10-22-46(38)64-51(39)32-35)60-57(59-55)41-19-12-24-49-53(41)42-31-34(26-29-48(42)63-49)52-45(28-30-50-54(52)40-18-7-11-23-47(40)62-50)61-43-20-8-4-15-36(43)37-16-5-9-21-44(37)61/h1-32H. The third-order valence-electron chi connectivity index (χ3n) is 12.7. The van der Waals surface area contributed by atoms with E-state index in [9.17, 15) is 0 Å². The zero-order valence-electron chi connectivity index (χ0n) is 34.0. The van der Waals surface area contributed by atoms with Crippen molar-refractivity contribution in [1.82, 2.24) is 19.5 Å². The predicted octanol–water partition coefficient (Wildman–Crippen LogP) is 15.3. The van der Waals surface area contributed by atoms with Gasteiger partial charge >= 0.3 is 0 Å². The fourth-order valence-electron chi connectivity index (χ4n) is 9.84. The lowest BCUT2D eigenvalue weighted by atomic mass is 9.95. The average molecular weight is 821 g/mol. The van der Waals surface area contributed by atoms with Crippen molar-refractivity contribution in [2.24, 2.45) is 0 Å². The van der Waals surface area contributed by atoms with Crippen LogP contribution in [-0.2, 0) is 0 Å². The maximum Gasteiger partial charge on any atom is 0.164 e. The summed E-state index contributed by atoms with van der Waals surface area (Å²) in [6.07, 6.45) is 0. The first-order valence-electron chi connectivity index (χ1n) is 21.3. The minimum absolute atomic E-state index is 0.543. The second-order valence-electron chi connectivity index (χ2n) is 16.3. The first-order valence-corrected chi connectivity index (χ1v) is 21.3. The molecule has 5 heterocycles. The molecule has 298 valence electrons. The fraction of sp³-hybridized carbons (Fsp3) is 0. The Labute approximate surface area is 364 Å². The molecule has 0 bridgehead atoms. The number of nitrogens with zero attached hydrogens (tertiary/aromatic N) is 4. The highest BCUT2D eigenvalue weighted by Gasteiger charge is 2.24. The number of furan rings is 3. The summed E-state index contributed by atoms with van der Waals surface area (Å²) in [6, 6.07) is 66.8. The molecular weight excluding hydrogens is 789 g/mol. The average Bonchev–Trinajstić information content (AvgIpc) is 4.12. The molecule has 7 heteroatoms. The first kappa shape index (κ1) is 34.9. The van der Waals surface area contributed by atoms with Crippen LogP contribution in [0.2, 0.25) is 0 Å². The van der Waals surface area contributed by atoms with E-state index < -0.39 is 0 Å². The Bertz CT molecular complexity index is 4160. The van der Waals surface area contributed by atoms with Crippen LogP contribution in [0.1, 0.15) is 0 Å². The van der Waals surface area contributed by atoms with Crippen molar-refractivity contribution in [3.63, 3.8) is 0 Å². The molecule has 7 nitrogen and oxygen atoms in total. The monoisotopic (exact) mass is 820 g/mol. The van der Waals surface area contributed by atoms with E-state index in [1.165, 1.54) is 10.8 Å². The lowest BCUT2D eigenvalue weighted by Gasteiger charge is -2.16. The van der Waals surface area contributed by atoms with Gasteiger partial charge in [0.15, 0.2) is 17.5 Å². The quantitative estimate of drug-likeness (QED) is 0.172. The van der Waals surface area contributed by atoms with E-state index in [2.05, 4.69) is 120 Å². The lowest BCUT2D eigenvalue weighted by molar-refractivity contribution is 0.668. The van der Waals surface area contributed by atoms with Crippen LogP contribution in [-0.4, -0.2) is 19.5 Å². The van der Waals surface area contributed by atoms with Gasteiger partial charge in [-0.15, -0.1) is 0 Å². The van der Waals surface area contributed by atoms with Crippen molar-refractivity contribution in [2.75, 3.05) is 0 Å². The van der Waals surface area contributed by atoms with Gasteiger partial charge in [0.05, 0.1) is 16.7 Å². The molecule has 0 fully saturated rings. The number of fused-ring (bicyclic) bond motifs is 12. The highest BCUT2D eigenvalue weighted by molar-refractivity contribution is 6.19. The molecule has 0 radical (unpaired) electrons. The van der Waals surface area contributed by atoms with Crippen molar-refractivity contribution >= 4 is 87.6 Å². The number of para-hydroxylation sites is 4. The Hall–Kier alpha value is -8.81. The zero-order chi connectivity index (χ0) is 41.9. The largest absolute Gasteiger partial charge is 0.456 e. The number of hydrogen-bond donors (Lipinski definition) is 0. The van der Waals surface area contributed by atoms with Gasteiger partial charge < -0.3 is 17.8 Å². The van der Waals surface area contributed by atoms with Crippen LogP contribution in [0.5, 0.6) is 0 Å². The maximum atomic E-state index is 6.67. The smallest absolute Gasteiger partial charge is 0.164 e. The summed E-state index contributed by atoms with van der Waals surface area (Å²) in [5.41, 5.74) is 12.8. The molecular formula is C57H32N4O3. The maximum absolute atomic E-state index is 6.67. The molecule has 14 aromatic rings. The van der Waals surface area contributed by atoms with E-state index >= 15 is 0 Å². The molecule has 0 aliphatic heterocycles. The summed E-state index contributed by atoms with van der Waals surface area (Å²) in [4.78, 5) is 15.5. The second-order valence-corrected chi connectivity index (χ2v) is 16.3. The van der Waals surface area contributed by atoms with Crippen molar-refractivity contribution in [3.05, 3.63) is 194 Å². The molecule has 9 aromatic carbocycles. The zero-order valence-corrected chi connectivity index (χ0v) is 34.0. The third-order valence-corrected chi connectivity index (χ3v) is 12.7. The van der Waals surface area contributed by atoms with Gasteiger partial charge in [0.2, 0.25) is 0 Å². The van der Waals surface area contributed by atoms with Crippen LogP contribution in [0.4, 0.5) is 0 Å². The van der Waals surface area contributed by atoms with Gasteiger partial charge in [0.25, 0.3) is 0 Å². The molecule has 0 saturated heterocycles. The van der Waals surface area contributed by atoms with Crippen molar-refractivity contribution in [2.45, 2.75) is 0 Å². The highest BCUT2D eigenvalue weighted by atomic mass is 16.3. The molecule has 0 atom stereocenters. The minimum Gasteiger partial charge on any atom is -0.456 e. The Morgan fingerprint density at radius 1 is 0.312 bits per heavy atom. The molecule has 0 spiro atoms. The van der Waals surface area contributed by atoms with E-state index in [1.807, 2.05) is 78.9 Å². The van der Waals surface area contributed by atoms with Crippen molar-refractivity contribution in [3.8, 4) is 51.0 Å². The molecule has 0 saturated carbocycles. The molecule has 0 N–H and O–H groups in total. The van der Waals surface area contributed by atoms with Crippen LogP contribution < -0.4 is 0 Å². The fourth-order valence-corrected chi connectivity index (χ4v) is 9.84. The van der Waals surface area contributed by atoms with Gasteiger partial charge in [-0.2, -0.15) is 0 Å². The number of hydrogen-bond acceptors (Lipinski definition) is 6. The van der Waals surface area contributed by atoms with E-state index in [0.29, 0.717) is 17.5 Å². The first-order chi connectivity index (χ1) is 31.7. The van der Waals surface area contributed by atoms with Crippen LogP contribution in [0.25, 0.3) is 139 Å². The van der Waals surface area contributed by atoms with Gasteiger partial charge in [-0.25, -0.2) is 15.0 Å². The molecule has 0 amide bonds. The van der Waals surface area contributed by atoms with E-state index in [-0.39, 0.29) is 0 Å².